The smallest absolute Gasteiger partial charge is 0.265 e. The number of rotatable bonds is 1. The van der Waals surface area contributed by atoms with Crippen molar-refractivity contribution < 1.29 is 9.59 Å². The largest absolute Gasteiger partial charge is 0.274 e. The van der Waals surface area contributed by atoms with Gasteiger partial charge in [0.1, 0.15) is 0 Å². The molecule has 0 radical (unpaired) electrons. The van der Waals surface area contributed by atoms with Gasteiger partial charge in [0.15, 0.2) is 0 Å². The molecule has 2 aromatic rings. The minimum Gasteiger partial charge on any atom is -0.274 e. The van der Waals surface area contributed by atoms with Crippen LogP contribution >= 0.6 is 0 Å². The van der Waals surface area contributed by atoms with Gasteiger partial charge in [-0.2, -0.15) is 0 Å². The van der Waals surface area contributed by atoms with Crippen LogP contribution in [0, 0.1) is 0 Å². The summed E-state index contributed by atoms with van der Waals surface area (Å²) in [5.74, 6) is -0.499. The molecule has 0 spiro atoms. The molecule has 88 valence electrons. The first kappa shape index (κ1) is 10.7. The number of anilines is 1. The Kier molecular flexibility index (Phi) is 2.41. The number of carbonyl (C=O) groups is 2. The maximum Gasteiger partial charge on any atom is 0.265 e. The number of carbonyl (C=O) groups excluding carboxylic acids is 2. The van der Waals surface area contributed by atoms with Crippen molar-refractivity contribution in [3.8, 4) is 0 Å². The van der Waals surface area contributed by atoms with E-state index in [1.807, 2.05) is 12.1 Å². The minimum absolute atomic E-state index is 0.216. The first-order chi connectivity index (χ1) is 8.77. The fourth-order valence-electron chi connectivity index (χ4n) is 2.11. The number of fused-ring (bicyclic) bond motifs is 1. The van der Waals surface area contributed by atoms with E-state index >= 15 is 0 Å². The zero-order valence-corrected chi connectivity index (χ0v) is 9.54. The number of hydrogen-bond donors (Lipinski definition) is 0. The van der Waals surface area contributed by atoms with Crippen molar-refractivity contribution in [2.45, 2.75) is 6.42 Å². The molecule has 1 aliphatic rings. The summed E-state index contributed by atoms with van der Waals surface area (Å²) >= 11 is 0. The number of aromatic nitrogens is 1. The summed E-state index contributed by atoms with van der Waals surface area (Å²) in [6.45, 7) is 0. The fourth-order valence-corrected chi connectivity index (χ4v) is 2.11. The molecule has 0 saturated heterocycles. The molecule has 0 N–H and O–H groups in total. The van der Waals surface area contributed by atoms with Gasteiger partial charge in [0.05, 0.1) is 18.3 Å². The van der Waals surface area contributed by atoms with E-state index in [0.717, 1.165) is 5.56 Å². The second kappa shape index (κ2) is 4.07. The van der Waals surface area contributed by atoms with Crippen LogP contribution in [0.3, 0.4) is 0 Å². The Bertz CT molecular complexity index is 623. The van der Waals surface area contributed by atoms with Crippen molar-refractivity contribution in [3.63, 3.8) is 0 Å². The van der Waals surface area contributed by atoms with E-state index in [2.05, 4.69) is 4.98 Å². The number of nitrogens with zero attached hydrogens (tertiary/aromatic N) is 2. The summed E-state index contributed by atoms with van der Waals surface area (Å²) in [4.78, 5) is 29.5. The normalized spacial score (nSPS) is 14.6. The highest BCUT2D eigenvalue weighted by atomic mass is 16.2. The lowest BCUT2D eigenvalue weighted by molar-refractivity contribution is -0.117. The van der Waals surface area contributed by atoms with Gasteiger partial charge in [0.2, 0.25) is 5.91 Å². The van der Waals surface area contributed by atoms with Crippen LogP contribution in [0.2, 0.25) is 0 Å². The van der Waals surface area contributed by atoms with Crippen LogP contribution < -0.4 is 4.90 Å². The average molecular weight is 238 g/mol. The van der Waals surface area contributed by atoms with Crippen LogP contribution in [-0.4, -0.2) is 16.8 Å². The van der Waals surface area contributed by atoms with Gasteiger partial charge in [-0.1, -0.05) is 18.2 Å². The number of imide groups is 1. The van der Waals surface area contributed by atoms with Crippen molar-refractivity contribution in [3.05, 3.63) is 59.9 Å². The summed E-state index contributed by atoms with van der Waals surface area (Å²) in [6, 6.07) is 10.6. The molecule has 4 nitrogen and oxygen atoms in total. The number of pyridine rings is 1. The first-order valence-corrected chi connectivity index (χ1v) is 5.62. The zero-order valence-electron chi connectivity index (χ0n) is 9.54. The second-order valence-electron chi connectivity index (χ2n) is 4.08. The molecule has 0 unspecified atom stereocenters. The van der Waals surface area contributed by atoms with Crippen LogP contribution in [-0.2, 0) is 11.2 Å². The van der Waals surface area contributed by atoms with E-state index in [1.54, 1.807) is 30.5 Å². The number of hydrogen-bond acceptors (Lipinski definition) is 3. The molecule has 18 heavy (non-hydrogen) atoms. The lowest BCUT2D eigenvalue weighted by atomic mass is 9.98. The minimum atomic E-state index is -0.283. The summed E-state index contributed by atoms with van der Waals surface area (Å²) < 4.78 is 0. The molecule has 0 saturated carbocycles. The maximum atomic E-state index is 12.3. The molecule has 1 aliphatic heterocycles. The van der Waals surface area contributed by atoms with Gasteiger partial charge in [-0.25, -0.2) is 4.90 Å². The molecular weight excluding hydrogens is 228 g/mol. The van der Waals surface area contributed by atoms with E-state index in [4.69, 9.17) is 0 Å². The summed E-state index contributed by atoms with van der Waals surface area (Å²) in [6.07, 6.45) is 3.37. The fraction of sp³-hybridized carbons (Fsp3) is 0.0714. The highest BCUT2D eigenvalue weighted by molar-refractivity contribution is 6.24. The molecule has 2 amide bonds. The van der Waals surface area contributed by atoms with Crippen molar-refractivity contribution in [1.29, 1.82) is 0 Å². The number of amides is 2. The van der Waals surface area contributed by atoms with Crippen LogP contribution in [0.25, 0.3) is 0 Å². The van der Waals surface area contributed by atoms with Crippen LogP contribution in [0.1, 0.15) is 15.9 Å². The zero-order chi connectivity index (χ0) is 12.5. The van der Waals surface area contributed by atoms with E-state index in [1.165, 1.54) is 11.1 Å². The van der Waals surface area contributed by atoms with Gasteiger partial charge >= 0.3 is 0 Å². The van der Waals surface area contributed by atoms with E-state index in [-0.39, 0.29) is 18.2 Å². The Hall–Kier alpha value is -2.49. The Morgan fingerprint density at radius 2 is 1.89 bits per heavy atom. The molecule has 2 heterocycles. The third-order valence-corrected chi connectivity index (χ3v) is 2.95. The Morgan fingerprint density at radius 3 is 2.67 bits per heavy atom. The van der Waals surface area contributed by atoms with Crippen molar-refractivity contribution in [2.75, 3.05) is 4.90 Å². The van der Waals surface area contributed by atoms with Crippen LogP contribution in [0.5, 0.6) is 0 Å². The Balaban J connectivity index is 2.09. The third kappa shape index (κ3) is 1.59. The van der Waals surface area contributed by atoms with Gasteiger partial charge in [-0.15, -0.1) is 0 Å². The molecule has 1 aromatic heterocycles. The highest BCUT2D eigenvalue weighted by Gasteiger charge is 2.31. The molecule has 1 aromatic carbocycles. The standard InChI is InChI=1S/C14H10N2O2/c17-13-8-10-4-1-2-6-12(10)14(18)16(13)11-5-3-7-15-9-11/h1-7,9H,8H2. The summed E-state index contributed by atoms with van der Waals surface area (Å²) in [5.41, 5.74) is 1.88. The van der Waals surface area contributed by atoms with E-state index in [9.17, 15) is 9.59 Å². The molecule has 0 fully saturated rings. The molecule has 0 aliphatic carbocycles. The molecular formula is C14H10N2O2. The van der Waals surface area contributed by atoms with Crippen LogP contribution in [0.4, 0.5) is 5.69 Å². The van der Waals surface area contributed by atoms with E-state index < -0.39 is 0 Å². The lowest BCUT2D eigenvalue weighted by Crippen LogP contribution is -2.42. The van der Waals surface area contributed by atoms with Gasteiger partial charge in [-0.05, 0) is 23.8 Å². The Morgan fingerprint density at radius 1 is 1.06 bits per heavy atom. The Labute approximate surface area is 104 Å². The lowest BCUT2D eigenvalue weighted by Gasteiger charge is -2.26. The SMILES string of the molecule is O=C1Cc2ccccc2C(=O)N1c1cccnc1. The van der Waals surface area contributed by atoms with Crippen molar-refractivity contribution >= 4 is 17.5 Å². The predicted molar refractivity (Wildman–Crippen MR) is 66.2 cm³/mol. The van der Waals surface area contributed by atoms with Crippen molar-refractivity contribution in [2.24, 2.45) is 0 Å². The predicted octanol–water partition coefficient (Wildman–Crippen LogP) is 1.81. The van der Waals surface area contributed by atoms with Gasteiger partial charge in [0.25, 0.3) is 5.91 Å². The maximum absolute atomic E-state index is 12.3. The van der Waals surface area contributed by atoms with Crippen LogP contribution in [0.15, 0.2) is 48.8 Å². The number of benzene rings is 1. The van der Waals surface area contributed by atoms with E-state index in [0.29, 0.717) is 11.3 Å². The highest BCUT2D eigenvalue weighted by Crippen LogP contribution is 2.24. The summed E-state index contributed by atoms with van der Waals surface area (Å²) in [5, 5.41) is 0. The van der Waals surface area contributed by atoms with Gasteiger partial charge < -0.3 is 0 Å². The van der Waals surface area contributed by atoms with Crippen molar-refractivity contribution in [1.82, 2.24) is 4.98 Å². The van der Waals surface area contributed by atoms with Gasteiger partial charge in [0, 0.05) is 11.8 Å². The quantitative estimate of drug-likeness (QED) is 0.712. The molecule has 0 bridgehead atoms. The first-order valence-electron chi connectivity index (χ1n) is 5.62. The summed E-state index contributed by atoms with van der Waals surface area (Å²) in [7, 11) is 0. The third-order valence-electron chi connectivity index (χ3n) is 2.95. The topological polar surface area (TPSA) is 50.3 Å². The van der Waals surface area contributed by atoms with Gasteiger partial charge in [-0.3, -0.25) is 14.6 Å². The molecule has 4 heteroatoms. The average Bonchev–Trinajstić information content (AvgIpc) is 2.40. The monoisotopic (exact) mass is 238 g/mol. The molecule has 3 rings (SSSR count). The second-order valence-corrected chi connectivity index (χ2v) is 4.08. The molecule has 0 atom stereocenters.